The fraction of sp³-hybridized carbons (Fsp3) is 0.176. The van der Waals surface area contributed by atoms with E-state index < -0.39 is 18.0 Å². The van der Waals surface area contributed by atoms with Gasteiger partial charge >= 0.3 is 11.9 Å². The highest BCUT2D eigenvalue weighted by Crippen LogP contribution is 2.07. The predicted molar refractivity (Wildman–Crippen MR) is 77.6 cm³/mol. The smallest absolute Gasteiger partial charge is 0.347 e. The number of benzene rings is 2. The third-order valence-electron chi connectivity index (χ3n) is 2.85. The first-order chi connectivity index (χ1) is 10.2. The maximum atomic E-state index is 11.8. The number of rotatable bonds is 5. The maximum Gasteiger partial charge on any atom is 0.347 e. The molecule has 0 aliphatic carbocycles. The fourth-order valence-corrected chi connectivity index (χ4v) is 1.70. The molecule has 4 nitrogen and oxygen atoms in total. The summed E-state index contributed by atoms with van der Waals surface area (Å²) in [6.07, 6.45) is -0.943. The van der Waals surface area contributed by atoms with E-state index in [1.165, 1.54) is 6.92 Å². The minimum absolute atomic E-state index is 0.160. The highest BCUT2D eigenvalue weighted by Gasteiger charge is 2.20. The fourth-order valence-electron chi connectivity index (χ4n) is 1.70. The van der Waals surface area contributed by atoms with Gasteiger partial charge in [-0.05, 0) is 24.6 Å². The van der Waals surface area contributed by atoms with Crippen molar-refractivity contribution in [1.82, 2.24) is 0 Å². The van der Waals surface area contributed by atoms with E-state index >= 15 is 0 Å². The van der Waals surface area contributed by atoms with Crippen molar-refractivity contribution in [2.75, 3.05) is 0 Å². The molecule has 21 heavy (non-hydrogen) atoms. The van der Waals surface area contributed by atoms with Crippen molar-refractivity contribution in [1.29, 1.82) is 0 Å². The number of esters is 2. The Morgan fingerprint density at radius 3 is 2.14 bits per heavy atom. The highest BCUT2D eigenvalue weighted by molar-refractivity contribution is 5.91. The van der Waals surface area contributed by atoms with Gasteiger partial charge < -0.3 is 9.47 Å². The van der Waals surface area contributed by atoms with Gasteiger partial charge in [-0.25, -0.2) is 9.59 Å². The molecular formula is C17H16O4. The van der Waals surface area contributed by atoms with Crippen molar-refractivity contribution in [3.05, 3.63) is 71.8 Å². The molecule has 0 radical (unpaired) electrons. The Balaban J connectivity index is 1.84. The van der Waals surface area contributed by atoms with E-state index in [1.807, 2.05) is 30.3 Å². The van der Waals surface area contributed by atoms with E-state index in [2.05, 4.69) is 0 Å². The number of ether oxygens (including phenoxy) is 2. The lowest BCUT2D eigenvalue weighted by Crippen LogP contribution is -2.26. The second kappa shape index (κ2) is 7.24. The molecule has 4 heteroatoms. The summed E-state index contributed by atoms with van der Waals surface area (Å²) < 4.78 is 10.2. The van der Waals surface area contributed by atoms with Crippen LogP contribution in [0, 0.1) is 0 Å². The van der Waals surface area contributed by atoms with Gasteiger partial charge in [0.25, 0.3) is 0 Å². The molecule has 0 aliphatic heterocycles. The molecule has 2 aromatic carbocycles. The van der Waals surface area contributed by atoms with Crippen LogP contribution in [0.2, 0.25) is 0 Å². The Labute approximate surface area is 123 Å². The summed E-state index contributed by atoms with van der Waals surface area (Å²) in [6, 6.07) is 17.8. The second-order valence-corrected chi connectivity index (χ2v) is 4.51. The summed E-state index contributed by atoms with van der Waals surface area (Å²) in [5, 5.41) is 0. The minimum atomic E-state index is -0.943. The SMILES string of the molecule is C[C@@H](OC(=O)c1ccccc1)C(=O)OCc1ccccc1. The number of carbonyl (C=O) groups is 2. The summed E-state index contributed by atoms with van der Waals surface area (Å²) in [7, 11) is 0. The molecule has 0 aliphatic rings. The molecule has 108 valence electrons. The van der Waals surface area contributed by atoms with Gasteiger partial charge in [0, 0.05) is 0 Å². The summed E-state index contributed by atoms with van der Waals surface area (Å²) in [5.74, 6) is -1.11. The lowest BCUT2D eigenvalue weighted by atomic mass is 10.2. The molecule has 0 amide bonds. The average Bonchev–Trinajstić information content (AvgIpc) is 2.54. The van der Waals surface area contributed by atoms with Gasteiger partial charge in [0.15, 0.2) is 6.10 Å². The summed E-state index contributed by atoms with van der Waals surface area (Å²) >= 11 is 0. The van der Waals surface area contributed by atoms with Crippen molar-refractivity contribution in [2.45, 2.75) is 19.6 Å². The molecule has 2 aromatic rings. The quantitative estimate of drug-likeness (QED) is 0.792. The van der Waals surface area contributed by atoms with Crippen LogP contribution in [0.5, 0.6) is 0 Å². The first kappa shape index (κ1) is 14.8. The Bertz CT molecular complexity index is 593. The third-order valence-corrected chi connectivity index (χ3v) is 2.85. The lowest BCUT2D eigenvalue weighted by molar-refractivity contribution is -0.154. The van der Waals surface area contributed by atoms with Crippen LogP contribution in [-0.4, -0.2) is 18.0 Å². The molecule has 0 saturated heterocycles. The van der Waals surface area contributed by atoms with Gasteiger partial charge in [-0.3, -0.25) is 0 Å². The van der Waals surface area contributed by atoms with Crippen LogP contribution >= 0.6 is 0 Å². The van der Waals surface area contributed by atoms with Crippen LogP contribution < -0.4 is 0 Å². The maximum absolute atomic E-state index is 11.8. The summed E-state index contributed by atoms with van der Waals surface area (Å²) in [4.78, 5) is 23.6. The molecule has 0 bridgehead atoms. The van der Waals surface area contributed by atoms with Crippen molar-refractivity contribution < 1.29 is 19.1 Å². The van der Waals surface area contributed by atoms with E-state index in [4.69, 9.17) is 9.47 Å². The van der Waals surface area contributed by atoms with Gasteiger partial charge in [-0.1, -0.05) is 48.5 Å². The first-order valence-corrected chi connectivity index (χ1v) is 6.63. The zero-order valence-electron chi connectivity index (χ0n) is 11.7. The molecule has 0 N–H and O–H groups in total. The molecule has 0 fully saturated rings. The Morgan fingerprint density at radius 2 is 1.52 bits per heavy atom. The predicted octanol–water partition coefficient (Wildman–Crippen LogP) is 2.98. The summed E-state index contributed by atoms with van der Waals surface area (Å²) in [5.41, 5.74) is 1.28. The summed E-state index contributed by atoms with van der Waals surface area (Å²) in [6.45, 7) is 1.65. The van der Waals surface area contributed by atoms with Gasteiger partial charge in [-0.2, -0.15) is 0 Å². The van der Waals surface area contributed by atoms with E-state index in [9.17, 15) is 9.59 Å². The van der Waals surface area contributed by atoms with Crippen LogP contribution in [0.3, 0.4) is 0 Å². The first-order valence-electron chi connectivity index (χ1n) is 6.63. The normalized spacial score (nSPS) is 11.5. The van der Waals surface area contributed by atoms with Gasteiger partial charge in [0.2, 0.25) is 0 Å². The van der Waals surface area contributed by atoms with E-state index in [0.717, 1.165) is 5.56 Å². The van der Waals surface area contributed by atoms with Crippen LogP contribution in [-0.2, 0) is 20.9 Å². The van der Waals surface area contributed by atoms with Crippen LogP contribution in [0.15, 0.2) is 60.7 Å². The van der Waals surface area contributed by atoms with Crippen molar-refractivity contribution >= 4 is 11.9 Å². The monoisotopic (exact) mass is 284 g/mol. The Kier molecular flexibility index (Phi) is 5.10. The van der Waals surface area contributed by atoms with E-state index in [1.54, 1.807) is 30.3 Å². The Morgan fingerprint density at radius 1 is 0.952 bits per heavy atom. The Hall–Kier alpha value is -2.62. The number of carbonyl (C=O) groups excluding carboxylic acids is 2. The van der Waals surface area contributed by atoms with Crippen LogP contribution in [0.1, 0.15) is 22.8 Å². The molecule has 2 rings (SSSR count). The highest BCUT2D eigenvalue weighted by atomic mass is 16.6. The topological polar surface area (TPSA) is 52.6 Å². The average molecular weight is 284 g/mol. The van der Waals surface area contributed by atoms with Crippen molar-refractivity contribution in [3.63, 3.8) is 0 Å². The van der Waals surface area contributed by atoms with Crippen molar-refractivity contribution in [3.8, 4) is 0 Å². The van der Waals surface area contributed by atoms with Gasteiger partial charge in [0.1, 0.15) is 6.61 Å². The van der Waals surface area contributed by atoms with E-state index in [0.29, 0.717) is 5.56 Å². The van der Waals surface area contributed by atoms with Gasteiger partial charge in [-0.15, -0.1) is 0 Å². The van der Waals surface area contributed by atoms with Crippen LogP contribution in [0.4, 0.5) is 0 Å². The number of hydrogen-bond donors (Lipinski definition) is 0. The second-order valence-electron chi connectivity index (χ2n) is 4.51. The number of hydrogen-bond acceptors (Lipinski definition) is 4. The standard InChI is InChI=1S/C17H16O4/c1-13(21-17(19)15-10-6-3-7-11-15)16(18)20-12-14-8-4-2-5-9-14/h2-11,13H,12H2,1H3/t13-/m1/s1. The van der Waals surface area contributed by atoms with Crippen molar-refractivity contribution in [2.24, 2.45) is 0 Å². The van der Waals surface area contributed by atoms with Crippen LogP contribution in [0.25, 0.3) is 0 Å². The molecular weight excluding hydrogens is 268 g/mol. The molecule has 0 aromatic heterocycles. The molecule has 0 unspecified atom stereocenters. The lowest BCUT2D eigenvalue weighted by Gasteiger charge is -2.12. The molecule has 0 spiro atoms. The molecule has 0 saturated carbocycles. The minimum Gasteiger partial charge on any atom is -0.458 e. The molecule has 1 atom stereocenters. The largest absolute Gasteiger partial charge is 0.458 e. The zero-order valence-corrected chi connectivity index (χ0v) is 11.7. The third kappa shape index (κ3) is 4.45. The molecule has 0 heterocycles. The van der Waals surface area contributed by atoms with E-state index in [-0.39, 0.29) is 6.61 Å². The van der Waals surface area contributed by atoms with Gasteiger partial charge in [0.05, 0.1) is 5.56 Å². The zero-order chi connectivity index (χ0) is 15.1.